The first-order valence-electron chi connectivity index (χ1n) is 7.32. The molecule has 0 aliphatic carbocycles. The lowest BCUT2D eigenvalue weighted by molar-refractivity contribution is -0.142. The molecule has 1 N–H and O–H groups in total. The number of carbonyl (C=O) groups is 1. The zero-order chi connectivity index (χ0) is 15.4. The number of carbonyl (C=O) groups excluding carboxylic acids is 1. The van der Waals surface area contributed by atoms with E-state index in [-0.39, 0.29) is 18.1 Å². The molecule has 1 aliphatic heterocycles. The van der Waals surface area contributed by atoms with Gasteiger partial charge in [-0.3, -0.25) is 4.79 Å². The van der Waals surface area contributed by atoms with Crippen LogP contribution in [0.25, 0.3) is 0 Å². The molecule has 0 aromatic heterocycles. The van der Waals surface area contributed by atoms with Gasteiger partial charge in [0.25, 0.3) is 0 Å². The number of hydrogen-bond acceptors (Lipinski definition) is 4. The van der Waals surface area contributed by atoms with Crippen molar-refractivity contribution < 1.29 is 14.3 Å². The molecule has 4 nitrogen and oxygen atoms in total. The molecular weight excluding hydrogens is 334 g/mol. The van der Waals surface area contributed by atoms with Crippen LogP contribution in [-0.4, -0.2) is 31.8 Å². The van der Waals surface area contributed by atoms with Gasteiger partial charge in [-0.15, -0.1) is 0 Å². The quantitative estimate of drug-likeness (QED) is 0.823. The zero-order valence-electron chi connectivity index (χ0n) is 12.7. The first-order valence-corrected chi connectivity index (χ1v) is 8.11. The molecule has 1 saturated heterocycles. The highest BCUT2D eigenvalue weighted by Gasteiger charge is 2.31. The molecule has 1 aliphatic rings. The third-order valence-corrected chi connectivity index (χ3v) is 4.63. The first-order chi connectivity index (χ1) is 10.0. The molecule has 0 spiro atoms. The van der Waals surface area contributed by atoms with Crippen LogP contribution in [-0.2, 0) is 9.53 Å². The van der Waals surface area contributed by atoms with Crippen LogP contribution in [0.1, 0.15) is 38.2 Å². The summed E-state index contributed by atoms with van der Waals surface area (Å²) in [6.07, 6.45) is 1.73. The molecule has 1 fully saturated rings. The number of ether oxygens (including phenoxy) is 2. The standard InChI is InChI=1S/C16H22BrNO3/c1-4-10(2)11-5-6-15(13(17)7-11)21-12-8-14(18-9-12)16(19)20-3/h5-7,10,12,14,18H,4,8-9H2,1-3H3/t10-,12+,14+/m1/s1. The fourth-order valence-corrected chi connectivity index (χ4v) is 2.94. The summed E-state index contributed by atoms with van der Waals surface area (Å²) in [4.78, 5) is 11.5. The molecule has 116 valence electrons. The zero-order valence-corrected chi connectivity index (χ0v) is 14.3. The van der Waals surface area contributed by atoms with Crippen molar-refractivity contribution in [2.45, 2.75) is 44.8 Å². The predicted molar refractivity (Wildman–Crippen MR) is 85.7 cm³/mol. The monoisotopic (exact) mass is 355 g/mol. The summed E-state index contributed by atoms with van der Waals surface area (Å²) in [5.74, 6) is 1.12. The number of benzene rings is 1. The Morgan fingerprint density at radius 1 is 1.52 bits per heavy atom. The van der Waals surface area contributed by atoms with Crippen LogP contribution < -0.4 is 10.1 Å². The van der Waals surface area contributed by atoms with Gasteiger partial charge < -0.3 is 14.8 Å². The number of hydrogen-bond donors (Lipinski definition) is 1. The molecule has 3 atom stereocenters. The Kier molecular flexibility index (Phi) is 5.65. The Morgan fingerprint density at radius 2 is 2.29 bits per heavy atom. The van der Waals surface area contributed by atoms with Gasteiger partial charge >= 0.3 is 5.97 Å². The van der Waals surface area contributed by atoms with E-state index in [0.717, 1.165) is 16.6 Å². The van der Waals surface area contributed by atoms with Crippen molar-refractivity contribution in [3.05, 3.63) is 28.2 Å². The van der Waals surface area contributed by atoms with Crippen LogP contribution in [0.5, 0.6) is 5.75 Å². The van der Waals surface area contributed by atoms with E-state index in [0.29, 0.717) is 18.9 Å². The third kappa shape index (κ3) is 3.98. The molecule has 1 aromatic rings. The summed E-state index contributed by atoms with van der Waals surface area (Å²) in [7, 11) is 1.41. The molecule has 0 radical (unpaired) electrons. The molecule has 1 aromatic carbocycles. The van der Waals surface area contributed by atoms with E-state index in [2.05, 4.69) is 47.2 Å². The third-order valence-electron chi connectivity index (χ3n) is 4.01. The number of halogens is 1. The second-order valence-corrected chi connectivity index (χ2v) is 6.31. The van der Waals surface area contributed by atoms with Crippen molar-refractivity contribution in [2.24, 2.45) is 0 Å². The summed E-state index contributed by atoms with van der Waals surface area (Å²) < 4.78 is 11.7. The van der Waals surface area contributed by atoms with E-state index in [1.807, 2.05) is 6.07 Å². The van der Waals surface area contributed by atoms with E-state index in [9.17, 15) is 4.79 Å². The van der Waals surface area contributed by atoms with E-state index in [1.165, 1.54) is 12.7 Å². The van der Waals surface area contributed by atoms with E-state index >= 15 is 0 Å². The molecule has 21 heavy (non-hydrogen) atoms. The summed E-state index contributed by atoms with van der Waals surface area (Å²) in [5, 5.41) is 3.12. The molecule has 1 heterocycles. The Balaban J connectivity index is 1.99. The Hall–Kier alpha value is -1.07. The van der Waals surface area contributed by atoms with E-state index in [1.54, 1.807) is 0 Å². The molecular formula is C16H22BrNO3. The van der Waals surface area contributed by atoms with Crippen molar-refractivity contribution in [1.29, 1.82) is 0 Å². The first kappa shape index (κ1) is 16.3. The van der Waals surface area contributed by atoms with E-state index in [4.69, 9.17) is 9.47 Å². The summed E-state index contributed by atoms with van der Waals surface area (Å²) in [6.45, 7) is 5.05. The Bertz CT molecular complexity index is 506. The van der Waals surface area contributed by atoms with Crippen LogP contribution in [0.4, 0.5) is 0 Å². The van der Waals surface area contributed by atoms with Gasteiger partial charge in [-0.1, -0.05) is 19.9 Å². The molecule has 0 bridgehead atoms. The minimum absolute atomic E-state index is 0.0140. The van der Waals surface area contributed by atoms with Crippen LogP contribution in [0.2, 0.25) is 0 Å². The van der Waals surface area contributed by atoms with Gasteiger partial charge in [0.2, 0.25) is 0 Å². The van der Waals surface area contributed by atoms with Crippen molar-refractivity contribution in [1.82, 2.24) is 5.32 Å². The second-order valence-electron chi connectivity index (χ2n) is 5.46. The van der Waals surface area contributed by atoms with Gasteiger partial charge in [0.1, 0.15) is 17.9 Å². The lowest BCUT2D eigenvalue weighted by atomic mass is 9.99. The lowest BCUT2D eigenvalue weighted by Crippen LogP contribution is -2.31. The number of methoxy groups -OCH3 is 1. The van der Waals surface area contributed by atoms with Gasteiger partial charge in [0.15, 0.2) is 0 Å². The maximum Gasteiger partial charge on any atom is 0.323 e. The number of rotatable bonds is 5. The van der Waals surface area contributed by atoms with Gasteiger partial charge in [-0.05, 0) is 46.0 Å². The highest BCUT2D eigenvalue weighted by molar-refractivity contribution is 9.10. The minimum atomic E-state index is -0.266. The highest BCUT2D eigenvalue weighted by atomic mass is 79.9. The summed E-state index contributed by atoms with van der Waals surface area (Å²) in [5.41, 5.74) is 1.30. The summed E-state index contributed by atoms with van der Waals surface area (Å²) in [6, 6.07) is 5.95. The average molecular weight is 356 g/mol. The normalized spacial score (nSPS) is 22.9. The van der Waals surface area contributed by atoms with Crippen LogP contribution >= 0.6 is 15.9 Å². The van der Waals surface area contributed by atoms with Gasteiger partial charge in [-0.2, -0.15) is 0 Å². The van der Waals surface area contributed by atoms with Gasteiger partial charge in [0.05, 0.1) is 11.6 Å². The maximum absolute atomic E-state index is 11.5. The molecule has 2 rings (SSSR count). The van der Waals surface area contributed by atoms with Crippen molar-refractivity contribution in [3.8, 4) is 5.75 Å². The van der Waals surface area contributed by atoms with Crippen LogP contribution in [0.3, 0.4) is 0 Å². The Morgan fingerprint density at radius 3 is 2.90 bits per heavy atom. The number of esters is 1. The average Bonchev–Trinajstić information content (AvgIpc) is 2.96. The molecule has 5 heteroatoms. The molecule has 0 unspecified atom stereocenters. The lowest BCUT2D eigenvalue weighted by Gasteiger charge is -2.16. The fraction of sp³-hybridized carbons (Fsp3) is 0.562. The Labute approximate surface area is 134 Å². The SMILES string of the molecule is CC[C@@H](C)c1ccc(O[C@@H]2CN[C@H](C(=O)OC)C2)c(Br)c1. The second kappa shape index (κ2) is 7.27. The molecule has 0 saturated carbocycles. The van der Waals surface area contributed by atoms with Crippen molar-refractivity contribution in [2.75, 3.05) is 13.7 Å². The van der Waals surface area contributed by atoms with Crippen LogP contribution in [0.15, 0.2) is 22.7 Å². The topological polar surface area (TPSA) is 47.6 Å². The minimum Gasteiger partial charge on any atom is -0.488 e. The maximum atomic E-state index is 11.5. The van der Waals surface area contributed by atoms with Gasteiger partial charge in [0, 0.05) is 13.0 Å². The smallest absolute Gasteiger partial charge is 0.323 e. The van der Waals surface area contributed by atoms with Crippen LogP contribution in [0, 0.1) is 0 Å². The van der Waals surface area contributed by atoms with E-state index < -0.39 is 0 Å². The summed E-state index contributed by atoms with van der Waals surface area (Å²) >= 11 is 3.57. The fourth-order valence-electron chi connectivity index (χ4n) is 2.45. The highest BCUT2D eigenvalue weighted by Crippen LogP contribution is 2.31. The van der Waals surface area contributed by atoms with Crippen molar-refractivity contribution in [3.63, 3.8) is 0 Å². The van der Waals surface area contributed by atoms with Crippen molar-refractivity contribution >= 4 is 21.9 Å². The number of nitrogens with one attached hydrogen (secondary N) is 1. The largest absolute Gasteiger partial charge is 0.488 e. The molecule has 0 amide bonds. The van der Waals surface area contributed by atoms with Gasteiger partial charge in [-0.25, -0.2) is 0 Å². The predicted octanol–water partition coefficient (Wildman–Crippen LogP) is 3.24.